The fourth-order valence-corrected chi connectivity index (χ4v) is 4.84. The minimum absolute atomic E-state index is 0.0106. The molecule has 2 atom stereocenters. The van der Waals surface area contributed by atoms with Crippen molar-refractivity contribution in [1.29, 1.82) is 0 Å². The lowest BCUT2D eigenvalue weighted by molar-refractivity contribution is -0.0780. The zero-order valence-electron chi connectivity index (χ0n) is 22.3. The maximum absolute atomic E-state index is 10.9. The van der Waals surface area contributed by atoms with Crippen molar-refractivity contribution in [2.75, 3.05) is 0 Å². The molecule has 0 radical (unpaired) electrons. The molecule has 0 fully saturated rings. The van der Waals surface area contributed by atoms with E-state index in [9.17, 15) is 5.11 Å². The first kappa shape index (κ1) is 27.0. The minimum atomic E-state index is -0.453. The zero-order chi connectivity index (χ0) is 25.5. The second kappa shape index (κ2) is 11.9. The molecule has 3 nitrogen and oxygen atoms in total. The molecule has 0 heterocycles. The third-order valence-corrected chi connectivity index (χ3v) is 6.47. The van der Waals surface area contributed by atoms with Gasteiger partial charge in [-0.1, -0.05) is 86.6 Å². The van der Waals surface area contributed by atoms with Gasteiger partial charge in [-0.25, -0.2) is 0 Å². The molecule has 2 unspecified atom stereocenters. The number of hydrogen-bond acceptors (Lipinski definition) is 3. The molecule has 35 heavy (non-hydrogen) atoms. The summed E-state index contributed by atoms with van der Waals surface area (Å²) in [6.45, 7) is 12.8. The van der Waals surface area contributed by atoms with Crippen molar-refractivity contribution in [3.05, 3.63) is 101 Å². The van der Waals surface area contributed by atoms with Crippen molar-refractivity contribution >= 4 is 0 Å². The third-order valence-electron chi connectivity index (χ3n) is 6.47. The van der Waals surface area contributed by atoms with Crippen LogP contribution >= 0.6 is 0 Å². The Bertz CT molecular complexity index is 1040. The van der Waals surface area contributed by atoms with Crippen LogP contribution in [0.25, 0.3) is 0 Å². The Kier molecular flexibility index (Phi) is 9.15. The van der Waals surface area contributed by atoms with Gasteiger partial charge >= 0.3 is 0 Å². The first-order chi connectivity index (χ1) is 16.6. The smallest absolute Gasteiger partial charge is 0.119 e. The lowest BCUT2D eigenvalue weighted by Crippen LogP contribution is -2.32. The van der Waals surface area contributed by atoms with E-state index >= 15 is 0 Å². The molecule has 1 N–H and O–H groups in total. The van der Waals surface area contributed by atoms with E-state index in [-0.39, 0.29) is 12.2 Å². The molecule has 0 bridgehead atoms. The van der Waals surface area contributed by atoms with Crippen molar-refractivity contribution in [2.45, 2.75) is 90.6 Å². The number of phenolic OH excluding ortho intramolecular Hbond substituents is 1. The summed E-state index contributed by atoms with van der Waals surface area (Å²) >= 11 is 0. The molecule has 188 valence electrons. The molecule has 0 aliphatic rings. The van der Waals surface area contributed by atoms with E-state index in [1.54, 1.807) is 6.07 Å². The number of aromatic hydroxyl groups is 1. The van der Waals surface area contributed by atoms with Crippen LogP contribution in [0.4, 0.5) is 0 Å². The summed E-state index contributed by atoms with van der Waals surface area (Å²) in [5.74, 6) is 0.317. The Morgan fingerprint density at radius 2 is 1.09 bits per heavy atom. The highest BCUT2D eigenvalue weighted by Crippen LogP contribution is 2.35. The molecule has 0 saturated heterocycles. The van der Waals surface area contributed by atoms with Crippen LogP contribution in [0.2, 0.25) is 0 Å². The summed E-state index contributed by atoms with van der Waals surface area (Å²) < 4.78 is 13.2. The molecule has 0 saturated carbocycles. The van der Waals surface area contributed by atoms with Gasteiger partial charge in [0, 0.05) is 12.8 Å². The lowest BCUT2D eigenvalue weighted by atomic mass is 9.88. The van der Waals surface area contributed by atoms with Crippen LogP contribution in [0, 0.1) is 0 Å². The van der Waals surface area contributed by atoms with Gasteiger partial charge in [0.15, 0.2) is 0 Å². The van der Waals surface area contributed by atoms with Crippen LogP contribution in [0.1, 0.15) is 88.8 Å². The van der Waals surface area contributed by atoms with Gasteiger partial charge in [0.2, 0.25) is 0 Å². The van der Waals surface area contributed by atoms with Gasteiger partial charge in [-0.15, -0.1) is 0 Å². The standard InChI is InChI=1S/C32H42O3/c1-7-29(24-16-11-9-12-17-24)34-31(3,4)22-26-20-15-21-28(33)27(26)23-32(5,6)35-30(8-2)25-18-13-10-14-19-25/h9-21,29-30,33H,7-8,22-23H2,1-6H3. The molecule has 0 spiro atoms. The molecular weight excluding hydrogens is 432 g/mol. The summed E-state index contributed by atoms with van der Waals surface area (Å²) in [5, 5.41) is 10.9. The Morgan fingerprint density at radius 3 is 1.54 bits per heavy atom. The topological polar surface area (TPSA) is 38.7 Å². The molecule has 3 aromatic carbocycles. The van der Waals surface area contributed by atoms with Crippen molar-refractivity contribution in [3.8, 4) is 5.75 Å². The van der Waals surface area contributed by atoms with E-state index in [2.05, 4.69) is 96.1 Å². The Balaban J connectivity index is 1.78. The SMILES string of the molecule is CCC(OC(C)(C)Cc1cccc(O)c1CC(C)(C)OC(CC)c1ccccc1)c1ccccc1. The summed E-state index contributed by atoms with van der Waals surface area (Å²) in [7, 11) is 0. The normalized spacial score (nSPS) is 14.0. The number of benzene rings is 3. The average Bonchev–Trinajstić information content (AvgIpc) is 2.84. The average molecular weight is 475 g/mol. The molecule has 0 aliphatic carbocycles. The molecule has 0 aliphatic heterocycles. The Hall–Kier alpha value is -2.62. The highest BCUT2D eigenvalue weighted by atomic mass is 16.5. The molecule has 3 rings (SSSR count). The van der Waals surface area contributed by atoms with Gasteiger partial charge in [0.25, 0.3) is 0 Å². The third kappa shape index (κ3) is 7.68. The zero-order valence-corrected chi connectivity index (χ0v) is 22.3. The summed E-state index contributed by atoms with van der Waals surface area (Å²) in [4.78, 5) is 0. The van der Waals surface area contributed by atoms with Gasteiger partial charge in [-0.2, -0.15) is 0 Å². The van der Waals surface area contributed by atoms with E-state index in [0.717, 1.165) is 24.0 Å². The fraction of sp³-hybridized carbons (Fsp3) is 0.438. The maximum atomic E-state index is 10.9. The monoisotopic (exact) mass is 474 g/mol. The van der Waals surface area contributed by atoms with Crippen LogP contribution in [0.3, 0.4) is 0 Å². The predicted octanol–water partition coefficient (Wildman–Crippen LogP) is 8.37. The molecule has 0 aromatic heterocycles. The van der Waals surface area contributed by atoms with Crippen LogP contribution in [0.15, 0.2) is 78.9 Å². The maximum Gasteiger partial charge on any atom is 0.119 e. The highest BCUT2D eigenvalue weighted by Gasteiger charge is 2.30. The van der Waals surface area contributed by atoms with E-state index in [4.69, 9.17) is 9.47 Å². The van der Waals surface area contributed by atoms with Gasteiger partial charge in [0.05, 0.1) is 23.4 Å². The minimum Gasteiger partial charge on any atom is -0.508 e. The Morgan fingerprint density at radius 1 is 0.629 bits per heavy atom. The van der Waals surface area contributed by atoms with Crippen LogP contribution < -0.4 is 0 Å². The van der Waals surface area contributed by atoms with E-state index in [0.29, 0.717) is 18.6 Å². The van der Waals surface area contributed by atoms with Gasteiger partial charge in [-0.3, -0.25) is 0 Å². The number of ether oxygens (including phenoxy) is 2. The van der Waals surface area contributed by atoms with Crippen molar-refractivity contribution in [2.24, 2.45) is 0 Å². The number of phenols is 1. The van der Waals surface area contributed by atoms with Crippen LogP contribution in [-0.4, -0.2) is 16.3 Å². The summed E-state index contributed by atoms with van der Waals surface area (Å²) in [6, 6.07) is 26.6. The van der Waals surface area contributed by atoms with E-state index in [1.165, 1.54) is 11.1 Å². The first-order valence-electron chi connectivity index (χ1n) is 12.9. The fourth-order valence-electron chi connectivity index (χ4n) is 4.84. The first-order valence-corrected chi connectivity index (χ1v) is 12.9. The largest absolute Gasteiger partial charge is 0.508 e. The number of hydrogen-bond donors (Lipinski definition) is 1. The number of rotatable bonds is 12. The predicted molar refractivity (Wildman–Crippen MR) is 145 cm³/mol. The van der Waals surface area contributed by atoms with Crippen LogP contribution in [0.5, 0.6) is 5.75 Å². The summed E-state index contributed by atoms with van der Waals surface area (Å²) in [5.41, 5.74) is 3.56. The highest BCUT2D eigenvalue weighted by molar-refractivity contribution is 5.41. The lowest BCUT2D eigenvalue weighted by Gasteiger charge is -2.34. The van der Waals surface area contributed by atoms with Gasteiger partial charge < -0.3 is 14.6 Å². The van der Waals surface area contributed by atoms with Crippen molar-refractivity contribution in [3.63, 3.8) is 0 Å². The summed E-state index contributed by atoms with van der Waals surface area (Å²) in [6.07, 6.45) is 3.15. The second-order valence-electron chi connectivity index (χ2n) is 10.6. The molecule has 3 aromatic rings. The molecule has 0 amide bonds. The van der Waals surface area contributed by atoms with Gasteiger partial charge in [0.1, 0.15) is 5.75 Å². The quantitative estimate of drug-likeness (QED) is 0.286. The van der Waals surface area contributed by atoms with E-state index in [1.807, 2.05) is 18.2 Å². The van der Waals surface area contributed by atoms with Crippen molar-refractivity contribution < 1.29 is 14.6 Å². The van der Waals surface area contributed by atoms with Crippen molar-refractivity contribution in [1.82, 2.24) is 0 Å². The van der Waals surface area contributed by atoms with Crippen LogP contribution in [-0.2, 0) is 22.3 Å². The molecule has 3 heteroatoms. The van der Waals surface area contributed by atoms with E-state index < -0.39 is 11.2 Å². The second-order valence-corrected chi connectivity index (χ2v) is 10.6. The Labute approximate surface area is 212 Å². The molecular formula is C32H42O3. The van der Waals surface area contributed by atoms with Gasteiger partial charge in [-0.05, 0) is 68.9 Å².